The number of Topliss-reactive ketones (excluding diaryl/α,β-unsaturated/α-hetero) is 1. The van der Waals surface area contributed by atoms with Crippen LogP contribution in [0.5, 0.6) is 23.0 Å². The molecular weight excluding hydrogens is 498 g/mol. The Kier molecular flexibility index (Phi) is 7.19. The molecule has 3 aromatic carbocycles. The summed E-state index contributed by atoms with van der Waals surface area (Å²) in [5.41, 5.74) is 2.31. The summed E-state index contributed by atoms with van der Waals surface area (Å²) in [6, 6.07) is 16.5. The van der Waals surface area contributed by atoms with Gasteiger partial charge < -0.3 is 24.1 Å². The minimum absolute atomic E-state index is 0.00435. The summed E-state index contributed by atoms with van der Waals surface area (Å²) >= 11 is 0. The molecule has 0 spiro atoms. The number of carbonyl (C=O) groups is 2. The van der Waals surface area contributed by atoms with E-state index in [0.29, 0.717) is 65.6 Å². The first-order valence-corrected chi connectivity index (χ1v) is 12.9. The van der Waals surface area contributed by atoms with Crippen molar-refractivity contribution in [1.29, 1.82) is 0 Å². The highest BCUT2D eigenvalue weighted by Gasteiger charge is 2.47. The lowest BCUT2D eigenvalue weighted by atomic mass is 9.94. The summed E-state index contributed by atoms with van der Waals surface area (Å²) in [5.74, 6) is 0.959. The van der Waals surface area contributed by atoms with E-state index in [2.05, 4.69) is 13.8 Å². The first-order chi connectivity index (χ1) is 18.8. The van der Waals surface area contributed by atoms with Crippen LogP contribution >= 0.6 is 0 Å². The van der Waals surface area contributed by atoms with Crippen LogP contribution in [0.4, 0.5) is 5.69 Å². The maximum atomic E-state index is 13.5. The summed E-state index contributed by atoms with van der Waals surface area (Å²) in [4.78, 5) is 28.4. The molecule has 0 bridgehead atoms. The number of aryl methyl sites for hydroxylation is 1. The molecule has 0 saturated carbocycles. The topological polar surface area (TPSA) is 94.5 Å². The van der Waals surface area contributed by atoms with Gasteiger partial charge in [0.15, 0.2) is 11.5 Å². The number of ketones is 1. The van der Waals surface area contributed by atoms with E-state index < -0.39 is 17.7 Å². The second-order valence-corrected chi connectivity index (χ2v) is 9.96. The van der Waals surface area contributed by atoms with Crippen LogP contribution in [0, 0.1) is 12.8 Å². The molecule has 0 aromatic heterocycles. The number of carbonyl (C=O) groups excluding carboxylic acids is 2. The maximum Gasteiger partial charge on any atom is 0.300 e. The fourth-order valence-electron chi connectivity index (χ4n) is 4.75. The van der Waals surface area contributed by atoms with Gasteiger partial charge in [-0.25, -0.2) is 0 Å². The Balaban J connectivity index is 1.62. The lowest BCUT2D eigenvalue weighted by Gasteiger charge is -2.27. The van der Waals surface area contributed by atoms with Gasteiger partial charge in [-0.3, -0.25) is 14.5 Å². The summed E-state index contributed by atoms with van der Waals surface area (Å²) in [7, 11) is 1.56. The SMILES string of the molecule is COc1ccc(C2/C(=C(\O)c3ccc(OCC(C)C)c(C)c3)C(=O)C(=O)N2c2ccc3c(c2)OCCO3)cc1. The number of aliphatic hydroxyl groups is 1. The van der Waals surface area contributed by atoms with Crippen molar-refractivity contribution in [2.75, 3.05) is 31.8 Å². The summed E-state index contributed by atoms with van der Waals surface area (Å²) < 4.78 is 22.5. The number of anilines is 1. The van der Waals surface area contributed by atoms with E-state index in [0.717, 1.165) is 5.56 Å². The normalized spacial score (nSPS) is 18.0. The number of aliphatic hydroxyl groups excluding tert-OH is 1. The molecule has 2 heterocycles. The summed E-state index contributed by atoms with van der Waals surface area (Å²) in [6.45, 7) is 7.38. The highest BCUT2D eigenvalue weighted by atomic mass is 16.6. The smallest absolute Gasteiger partial charge is 0.300 e. The number of rotatable bonds is 7. The van der Waals surface area contributed by atoms with Crippen LogP contribution in [0.2, 0.25) is 0 Å². The molecule has 39 heavy (non-hydrogen) atoms. The Labute approximate surface area is 227 Å². The van der Waals surface area contributed by atoms with Gasteiger partial charge in [0.05, 0.1) is 25.3 Å². The van der Waals surface area contributed by atoms with Crippen LogP contribution in [-0.4, -0.2) is 43.7 Å². The Morgan fingerprint density at radius 2 is 1.72 bits per heavy atom. The number of hydrogen-bond donors (Lipinski definition) is 1. The van der Waals surface area contributed by atoms with Gasteiger partial charge in [-0.15, -0.1) is 0 Å². The zero-order chi connectivity index (χ0) is 27.7. The number of hydrogen-bond acceptors (Lipinski definition) is 7. The first kappa shape index (κ1) is 26.2. The van der Waals surface area contributed by atoms with Gasteiger partial charge in [-0.2, -0.15) is 0 Å². The van der Waals surface area contributed by atoms with Crippen molar-refractivity contribution in [3.05, 3.63) is 82.9 Å². The second kappa shape index (κ2) is 10.7. The van der Waals surface area contributed by atoms with Gasteiger partial charge in [0.2, 0.25) is 0 Å². The van der Waals surface area contributed by atoms with Crippen molar-refractivity contribution in [2.24, 2.45) is 5.92 Å². The van der Waals surface area contributed by atoms with Gasteiger partial charge in [0.1, 0.15) is 30.5 Å². The van der Waals surface area contributed by atoms with Crippen molar-refractivity contribution < 1.29 is 33.6 Å². The third-order valence-corrected chi connectivity index (χ3v) is 6.70. The van der Waals surface area contributed by atoms with Crippen molar-refractivity contribution in [3.8, 4) is 23.0 Å². The largest absolute Gasteiger partial charge is 0.507 e. The molecular formula is C31H31NO7. The van der Waals surface area contributed by atoms with Gasteiger partial charge in [-0.1, -0.05) is 26.0 Å². The second-order valence-electron chi connectivity index (χ2n) is 9.96. The lowest BCUT2D eigenvalue weighted by Crippen LogP contribution is -2.29. The Bertz CT molecular complexity index is 1440. The number of methoxy groups -OCH3 is 1. The molecule has 1 amide bonds. The van der Waals surface area contributed by atoms with Crippen LogP contribution in [0.15, 0.2) is 66.2 Å². The minimum atomic E-state index is -0.879. The fraction of sp³-hybridized carbons (Fsp3) is 0.290. The van der Waals surface area contributed by atoms with Crippen LogP contribution in [-0.2, 0) is 9.59 Å². The molecule has 5 rings (SSSR count). The van der Waals surface area contributed by atoms with Crippen LogP contribution in [0.25, 0.3) is 5.76 Å². The van der Waals surface area contributed by atoms with Crippen LogP contribution in [0.3, 0.4) is 0 Å². The van der Waals surface area contributed by atoms with E-state index >= 15 is 0 Å². The van der Waals surface area contributed by atoms with Crippen molar-refractivity contribution in [3.63, 3.8) is 0 Å². The van der Waals surface area contributed by atoms with E-state index in [1.807, 2.05) is 6.92 Å². The predicted molar refractivity (Wildman–Crippen MR) is 147 cm³/mol. The molecule has 0 aliphatic carbocycles. The van der Waals surface area contributed by atoms with Gasteiger partial charge >= 0.3 is 0 Å². The maximum absolute atomic E-state index is 13.5. The predicted octanol–water partition coefficient (Wildman–Crippen LogP) is 5.44. The average molecular weight is 530 g/mol. The molecule has 0 radical (unpaired) electrons. The molecule has 2 aliphatic heterocycles. The molecule has 2 aliphatic rings. The molecule has 202 valence electrons. The Morgan fingerprint density at radius 1 is 1.00 bits per heavy atom. The Morgan fingerprint density at radius 3 is 2.38 bits per heavy atom. The zero-order valence-corrected chi connectivity index (χ0v) is 22.4. The van der Waals surface area contributed by atoms with Crippen LogP contribution < -0.4 is 23.8 Å². The molecule has 1 atom stereocenters. The standard InChI is InChI=1S/C31H31NO7/c1-18(2)17-39-24-11-7-21(15-19(24)3)29(33)27-28(20-5-9-23(36-4)10-6-20)32(31(35)30(27)34)22-8-12-25-26(16-22)38-14-13-37-25/h5-12,15-16,18,28,33H,13-14,17H2,1-4H3/b29-27+. The van der Waals surface area contributed by atoms with E-state index in [9.17, 15) is 14.7 Å². The highest BCUT2D eigenvalue weighted by Crippen LogP contribution is 2.45. The van der Waals surface area contributed by atoms with E-state index in [4.69, 9.17) is 18.9 Å². The quantitative estimate of drug-likeness (QED) is 0.248. The van der Waals surface area contributed by atoms with Crippen LogP contribution in [0.1, 0.15) is 36.6 Å². The number of fused-ring (bicyclic) bond motifs is 1. The van der Waals surface area contributed by atoms with E-state index in [1.165, 1.54) is 4.90 Å². The van der Waals surface area contributed by atoms with Gasteiger partial charge in [-0.05, 0) is 66.4 Å². The van der Waals surface area contributed by atoms with E-state index in [1.54, 1.807) is 67.8 Å². The lowest BCUT2D eigenvalue weighted by molar-refractivity contribution is -0.132. The Hall–Kier alpha value is -4.46. The summed E-state index contributed by atoms with van der Waals surface area (Å²) in [5, 5.41) is 11.5. The van der Waals surface area contributed by atoms with Gasteiger partial charge in [0, 0.05) is 17.3 Å². The molecule has 8 heteroatoms. The number of amides is 1. The zero-order valence-electron chi connectivity index (χ0n) is 22.4. The van der Waals surface area contributed by atoms with Gasteiger partial charge in [0.25, 0.3) is 11.7 Å². The molecule has 3 aromatic rings. The molecule has 1 N–H and O–H groups in total. The molecule has 8 nitrogen and oxygen atoms in total. The first-order valence-electron chi connectivity index (χ1n) is 12.9. The third kappa shape index (κ3) is 5.02. The molecule has 1 saturated heterocycles. The van der Waals surface area contributed by atoms with E-state index in [-0.39, 0.29) is 11.3 Å². The van der Waals surface area contributed by atoms with Crippen molar-refractivity contribution in [2.45, 2.75) is 26.8 Å². The third-order valence-electron chi connectivity index (χ3n) is 6.70. The van der Waals surface area contributed by atoms with Crippen molar-refractivity contribution in [1.82, 2.24) is 0 Å². The number of nitrogens with zero attached hydrogens (tertiary/aromatic N) is 1. The molecule has 1 unspecified atom stereocenters. The van der Waals surface area contributed by atoms with Crippen molar-refractivity contribution >= 4 is 23.1 Å². The molecule has 1 fully saturated rings. The number of ether oxygens (including phenoxy) is 4. The average Bonchev–Trinajstić information content (AvgIpc) is 3.21. The fourth-order valence-corrected chi connectivity index (χ4v) is 4.75. The summed E-state index contributed by atoms with van der Waals surface area (Å²) in [6.07, 6.45) is 0. The minimum Gasteiger partial charge on any atom is -0.507 e. The number of benzene rings is 3. The highest BCUT2D eigenvalue weighted by molar-refractivity contribution is 6.51. The monoisotopic (exact) mass is 529 g/mol.